The van der Waals surface area contributed by atoms with Crippen LogP contribution in [-0.2, 0) is 10.2 Å². The molecule has 0 unspecified atom stereocenters. The topological polar surface area (TPSA) is 70.3 Å². The van der Waals surface area contributed by atoms with Crippen LogP contribution in [-0.4, -0.2) is 18.2 Å². The summed E-state index contributed by atoms with van der Waals surface area (Å²) >= 11 is 0. The second-order valence-corrected chi connectivity index (χ2v) is 3.91. The van der Waals surface area contributed by atoms with Crippen LogP contribution in [0.1, 0.15) is 24.0 Å². The lowest BCUT2D eigenvalue weighted by atomic mass is 9.94. The first kappa shape index (κ1) is 10.5. The minimum Gasteiger partial charge on any atom is -0.495 e. The van der Waals surface area contributed by atoms with Gasteiger partial charge >= 0.3 is 5.97 Å². The number of nitrogens with zero attached hydrogens (tertiary/aromatic N) is 1. The van der Waals surface area contributed by atoms with Gasteiger partial charge in [0.1, 0.15) is 11.8 Å². The van der Waals surface area contributed by atoms with Crippen LogP contribution in [0.15, 0.2) is 18.2 Å². The Morgan fingerprint density at radius 1 is 1.56 bits per heavy atom. The lowest BCUT2D eigenvalue weighted by Crippen LogP contribution is -2.19. The largest absolute Gasteiger partial charge is 0.495 e. The summed E-state index contributed by atoms with van der Waals surface area (Å²) < 4.78 is 5.01. The van der Waals surface area contributed by atoms with Gasteiger partial charge in [0.25, 0.3) is 0 Å². The quantitative estimate of drug-likeness (QED) is 0.836. The van der Waals surface area contributed by atoms with E-state index < -0.39 is 11.4 Å². The second kappa shape index (κ2) is 3.53. The van der Waals surface area contributed by atoms with Gasteiger partial charge in [-0.15, -0.1) is 0 Å². The molecule has 1 aliphatic carbocycles. The Balaban J connectivity index is 2.46. The summed E-state index contributed by atoms with van der Waals surface area (Å²) in [4.78, 5) is 11.1. The summed E-state index contributed by atoms with van der Waals surface area (Å²) in [6.07, 6.45) is 1.28. The number of nitriles is 1. The van der Waals surface area contributed by atoms with E-state index in [0.29, 0.717) is 29.7 Å². The summed E-state index contributed by atoms with van der Waals surface area (Å²) in [6.45, 7) is 0. The molecule has 1 fully saturated rings. The van der Waals surface area contributed by atoms with Crippen molar-refractivity contribution in [2.45, 2.75) is 18.3 Å². The van der Waals surface area contributed by atoms with E-state index >= 15 is 0 Å². The molecule has 1 aromatic carbocycles. The minimum absolute atomic E-state index is 0.382. The molecule has 0 saturated heterocycles. The fourth-order valence-corrected chi connectivity index (χ4v) is 1.84. The summed E-state index contributed by atoms with van der Waals surface area (Å²) in [5, 5.41) is 18.1. The maximum atomic E-state index is 11.1. The monoisotopic (exact) mass is 217 g/mol. The first-order valence-corrected chi connectivity index (χ1v) is 4.96. The van der Waals surface area contributed by atoms with Crippen molar-refractivity contribution in [3.8, 4) is 11.8 Å². The zero-order valence-electron chi connectivity index (χ0n) is 8.86. The Bertz CT molecular complexity index is 484. The van der Waals surface area contributed by atoms with Crippen molar-refractivity contribution in [3.63, 3.8) is 0 Å². The predicted octanol–water partition coefficient (Wildman–Crippen LogP) is 1.68. The van der Waals surface area contributed by atoms with Crippen molar-refractivity contribution in [1.29, 1.82) is 5.26 Å². The van der Waals surface area contributed by atoms with Gasteiger partial charge < -0.3 is 9.84 Å². The molecule has 4 heteroatoms. The predicted molar refractivity (Wildman–Crippen MR) is 56.3 cm³/mol. The van der Waals surface area contributed by atoms with Gasteiger partial charge in [0, 0.05) is 0 Å². The molecule has 0 heterocycles. The van der Waals surface area contributed by atoms with Crippen molar-refractivity contribution in [1.82, 2.24) is 0 Å². The SMILES string of the molecule is COc1ccc(C2(C(=O)O)CC2)cc1C#N. The highest BCUT2D eigenvalue weighted by Crippen LogP contribution is 2.49. The number of hydrogen-bond donors (Lipinski definition) is 1. The lowest BCUT2D eigenvalue weighted by molar-refractivity contribution is -0.140. The molecule has 0 bridgehead atoms. The number of carbonyl (C=O) groups is 1. The molecule has 16 heavy (non-hydrogen) atoms. The van der Waals surface area contributed by atoms with Gasteiger partial charge in [-0.1, -0.05) is 6.07 Å². The molecular weight excluding hydrogens is 206 g/mol. The van der Waals surface area contributed by atoms with Crippen molar-refractivity contribution < 1.29 is 14.6 Å². The Morgan fingerprint density at radius 3 is 2.69 bits per heavy atom. The fraction of sp³-hybridized carbons (Fsp3) is 0.333. The molecule has 0 radical (unpaired) electrons. The summed E-state index contributed by atoms with van der Waals surface area (Å²) in [7, 11) is 1.49. The van der Waals surface area contributed by atoms with E-state index in [4.69, 9.17) is 15.1 Å². The van der Waals surface area contributed by atoms with Crippen LogP contribution < -0.4 is 4.74 Å². The van der Waals surface area contributed by atoms with Crippen molar-refractivity contribution >= 4 is 5.97 Å². The number of benzene rings is 1. The summed E-state index contributed by atoms with van der Waals surface area (Å²) in [5.74, 6) is -0.339. The number of rotatable bonds is 3. The number of ether oxygens (including phenoxy) is 1. The molecule has 0 atom stereocenters. The Morgan fingerprint density at radius 2 is 2.25 bits per heavy atom. The van der Waals surface area contributed by atoms with E-state index in [1.165, 1.54) is 7.11 Å². The number of aliphatic carboxylic acids is 1. The first-order valence-electron chi connectivity index (χ1n) is 4.96. The Kier molecular flexibility index (Phi) is 2.31. The van der Waals surface area contributed by atoms with E-state index in [-0.39, 0.29) is 0 Å². The van der Waals surface area contributed by atoms with Gasteiger partial charge in [-0.05, 0) is 30.5 Å². The number of hydrogen-bond acceptors (Lipinski definition) is 3. The average Bonchev–Trinajstić information content (AvgIpc) is 3.09. The van der Waals surface area contributed by atoms with E-state index in [1.54, 1.807) is 18.2 Å². The van der Waals surface area contributed by atoms with Gasteiger partial charge in [0.15, 0.2) is 0 Å². The Hall–Kier alpha value is -2.02. The standard InChI is InChI=1S/C12H11NO3/c1-16-10-3-2-9(6-8(10)7-13)12(4-5-12)11(14)15/h2-3,6H,4-5H2,1H3,(H,14,15). The van der Waals surface area contributed by atoms with Gasteiger partial charge in [-0.25, -0.2) is 0 Å². The average molecular weight is 217 g/mol. The van der Waals surface area contributed by atoms with Crippen molar-refractivity contribution in [2.75, 3.05) is 7.11 Å². The molecule has 0 spiro atoms. The normalized spacial score (nSPS) is 16.2. The zero-order valence-corrected chi connectivity index (χ0v) is 8.86. The van der Waals surface area contributed by atoms with Crippen LogP contribution in [0.5, 0.6) is 5.75 Å². The highest BCUT2D eigenvalue weighted by molar-refractivity contribution is 5.85. The van der Waals surface area contributed by atoms with Gasteiger partial charge in [0.2, 0.25) is 0 Å². The summed E-state index contributed by atoms with van der Waals surface area (Å²) in [6, 6.07) is 6.99. The molecule has 0 aliphatic heterocycles. The second-order valence-electron chi connectivity index (χ2n) is 3.91. The van der Waals surface area contributed by atoms with Crippen molar-refractivity contribution in [2.24, 2.45) is 0 Å². The van der Waals surface area contributed by atoms with Crippen LogP contribution in [0.25, 0.3) is 0 Å². The molecule has 1 aliphatic rings. The third kappa shape index (κ3) is 1.41. The van der Waals surface area contributed by atoms with Gasteiger partial charge in [0.05, 0.1) is 18.1 Å². The molecular formula is C12H11NO3. The first-order chi connectivity index (χ1) is 7.64. The number of carboxylic acids is 1. The van der Waals surface area contributed by atoms with Crippen molar-refractivity contribution in [3.05, 3.63) is 29.3 Å². The summed E-state index contributed by atoms with van der Waals surface area (Å²) in [5.41, 5.74) is 0.308. The minimum atomic E-state index is -0.818. The highest BCUT2D eigenvalue weighted by Gasteiger charge is 2.51. The molecule has 1 aromatic rings. The van der Waals surface area contributed by atoms with Gasteiger partial charge in [-0.2, -0.15) is 5.26 Å². The van der Waals surface area contributed by atoms with E-state index in [0.717, 1.165) is 0 Å². The molecule has 82 valence electrons. The van der Waals surface area contributed by atoms with Crippen LogP contribution in [0.2, 0.25) is 0 Å². The van der Waals surface area contributed by atoms with Crippen LogP contribution in [0, 0.1) is 11.3 Å². The third-order valence-electron chi connectivity index (χ3n) is 3.03. The zero-order chi connectivity index (χ0) is 11.8. The molecule has 2 rings (SSSR count). The molecule has 1 saturated carbocycles. The third-order valence-corrected chi connectivity index (χ3v) is 3.03. The number of carboxylic acid groups (broad SMARTS) is 1. The van der Waals surface area contributed by atoms with E-state index in [9.17, 15) is 4.79 Å². The van der Waals surface area contributed by atoms with Gasteiger partial charge in [-0.3, -0.25) is 4.79 Å². The van der Waals surface area contributed by atoms with Crippen LogP contribution in [0.3, 0.4) is 0 Å². The fourth-order valence-electron chi connectivity index (χ4n) is 1.84. The highest BCUT2D eigenvalue weighted by atomic mass is 16.5. The van der Waals surface area contributed by atoms with E-state index in [2.05, 4.69) is 0 Å². The Labute approximate surface area is 93.1 Å². The smallest absolute Gasteiger partial charge is 0.314 e. The lowest BCUT2D eigenvalue weighted by Gasteiger charge is -2.11. The molecule has 0 aromatic heterocycles. The van der Waals surface area contributed by atoms with E-state index in [1.807, 2.05) is 6.07 Å². The molecule has 1 N–H and O–H groups in total. The number of methoxy groups -OCH3 is 1. The maximum absolute atomic E-state index is 11.1. The van der Waals surface area contributed by atoms with Crippen LogP contribution in [0.4, 0.5) is 0 Å². The van der Waals surface area contributed by atoms with Crippen LogP contribution >= 0.6 is 0 Å². The molecule has 4 nitrogen and oxygen atoms in total. The molecule has 0 amide bonds. The maximum Gasteiger partial charge on any atom is 0.314 e.